The number of hydrogen-bond donors (Lipinski definition) is 2. The molecule has 0 aliphatic heterocycles. The topological polar surface area (TPSA) is 55.3 Å². The van der Waals surface area contributed by atoms with Gasteiger partial charge in [-0.1, -0.05) is 24.3 Å². The predicted molar refractivity (Wildman–Crippen MR) is 69.8 cm³/mol. The molecule has 0 bridgehead atoms. The number of anilines is 4. The van der Waals surface area contributed by atoms with Crippen LogP contribution in [-0.2, 0) is 0 Å². The van der Waals surface area contributed by atoms with Gasteiger partial charge in [0.2, 0.25) is 0 Å². The quantitative estimate of drug-likeness (QED) is 0.754. The summed E-state index contributed by atoms with van der Waals surface area (Å²) in [6.45, 7) is 0. The maximum Gasteiger partial charge on any atom is 0.0788 e. The van der Waals surface area contributed by atoms with Gasteiger partial charge in [-0.25, -0.2) is 0 Å². The summed E-state index contributed by atoms with van der Waals surface area (Å²) in [6.07, 6.45) is 0. The standard InChI is InChI=1S/C13H15N3/c1-16(10-6-3-2-4-7-10)12-9-5-8-11(14)13(12)15/h2-9H,14-15H2,1H3. The van der Waals surface area contributed by atoms with Crippen molar-refractivity contribution in [3.05, 3.63) is 48.5 Å². The second kappa shape index (κ2) is 4.14. The molecule has 3 nitrogen and oxygen atoms in total. The lowest BCUT2D eigenvalue weighted by atomic mass is 10.2. The lowest BCUT2D eigenvalue weighted by Crippen LogP contribution is -2.12. The summed E-state index contributed by atoms with van der Waals surface area (Å²) in [5, 5.41) is 0. The van der Waals surface area contributed by atoms with Crippen molar-refractivity contribution < 1.29 is 0 Å². The van der Waals surface area contributed by atoms with E-state index in [1.807, 2.05) is 54.4 Å². The van der Waals surface area contributed by atoms with Gasteiger partial charge in [0.1, 0.15) is 0 Å². The van der Waals surface area contributed by atoms with Crippen molar-refractivity contribution in [2.75, 3.05) is 23.4 Å². The molecule has 16 heavy (non-hydrogen) atoms. The molecule has 0 spiro atoms. The number of hydrogen-bond acceptors (Lipinski definition) is 3. The van der Waals surface area contributed by atoms with Gasteiger partial charge in [0, 0.05) is 12.7 Å². The first kappa shape index (κ1) is 10.4. The number of benzene rings is 2. The molecule has 0 unspecified atom stereocenters. The lowest BCUT2D eigenvalue weighted by Gasteiger charge is -2.21. The average molecular weight is 213 g/mol. The Labute approximate surface area is 95.3 Å². The first-order valence-corrected chi connectivity index (χ1v) is 5.13. The molecule has 0 saturated heterocycles. The third-order valence-electron chi connectivity index (χ3n) is 2.62. The van der Waals surface area contributed by atoms with Crippen LogP contribution in [0.15, 0.2) is 48.5 Å². The molecule has 2 rings (SSSR count). The highest BCUT2D eigenvalue weighted by molar-refractivity contribution is 5.82. The van der Waals surface area contributed by atoms with Gasteiger partial charge < -0.3 is 16.4 Å². The SMILES string of the molecule is CN(c1ccccc1)c1cccc(N)c1N. The van der Waals surface area contributed by atoms with Crippen LogP contribution in [0.4, 0.5) is 22.7 Å². The zero-order chi connectivity index (χ0) is 11.5. The van der Waals surface area contributed by atoms with Gasteiger partial charge in [-0.05, 0) is 24.3 Å². The van der Waals surface area contributed by atoms with Gasteiger partial charge in [0.25, 0.3) is 0 Å². The van der Waals surface area contributed by atoms with Crippen LogP contribution in [0.1, 0.15) is 0 Å². The van der Waals surface area contributed by atoms with Crippen molar-refractivity contribution in [2.45, 2.75) is 0 Å². The molecule has 0 amide bonds. The zero-order valence-corrected chi connectivity index (χ0v) is 9.22. The number of nitrogens with two attached hydrogens (primary N) is 2. The van der Waals surface area contributed by atoms with Crippen LogP contribution < -0.4 is 16.4 Å². The van der Waals surface area contributed by atoms with E-state index in [1.165, 1.54) is 0 Å². The fraction of sp³-hybridized carbons (Fsp3) is 0.0769. The molecule has 0 aromatic heterocycles. The van der Waals surface area contributed by atoms with Gasteiger partial charge in [-0.3, -0.25) is 0 Å². The van der Waals surface area contributed by atoms with Crippen LogP contribution in [0.5, 0.6) is 0 Å². The van der Waals surface area contributed by atoms with Crippen molar-refractivity contribution in [1.82, 2.24) is 0 Å². The first-order valence-electron chi connectivity index (χ1n) is 5.13. The van der Waals surface area contributed by atoms with Gasteiger partial charge in [-0.15, -0.1) is 0 Å². The molecule has 2 aromatic rings. The van der Waals surface area contributed by atoms with E-state index in [0.717, 1.165) is 11.4 Å². The fourth-order valence-electron chi connectivity index (χ4n) is 1.65. The van der Waals surface area contributed by atoms with Crippen molar-refractivity contribution >= 4 is 22.7 Å². The van der Waals surface area contributed by atoms with Crippen molar-refractivity contribution in [3.63, 3.8) is 0 Å². The van der Waals surface area contributed by atoms with Gasteiger partial charge in [-0.2, -0.15) is 0 Å². The van der Waals surface area contributed by atoms with Crippen molar-refractivity contribution in [1.29, 1.82) is 0 Å². The highest BCUT2D eigenvalue weighted by Gasteiger charge is 2.08. The zero-order valence-electron chi connectivity index (χ0n) is 9.22. The minimum Gasteiger partial charge on any atom is -0.397 e. The molecular weight excluding hydrogens is 198 g/mol. The maximum atomic E-state index is 5.95. The Hall–Kier alpha value is -2.16. The normalized spacial score (nSPS) is 10.1. The van der Waals surface area contributed by atoms with Crippen LogP contribution in [0, 0.1) is 0 Å². The molecule has 0 heterocycles. The van der Waals surface area contributed by atoms with E-state index >= 15 is 0 Å². The van der Waals surface area contributed by atoms with Crippen molar-refractivity contribution in [2.24, 2.45) is 0 Å². The summed E-state index contributed by atoms with van der Waals surface area (Å²) in [6, 6.07) is 15.7. The number of nitrogen functional groups attached to an aromatic ring is 2. The summed E-state index contributed by atoms with van der Waals surface area (Å²) in [5.41, 5.74) is 15.0. The summed E-state index contributed by atoms with van der Waals surface area (Å²) in [5.74, 6) is 0. The largest absolute Gasteiger partial charge is 0.397 e. The predicted octanol–water partition coefficient (Wildman–Crippen LogP) is 2.62. The Balaban J connectivity index is 2.42. The van der Waals surface area contributed by atoms with E-state index < -0.39 is 0 Å². The van der Waals surface area contributed by atoms with E-state index in [9.17, 15) is 0 Å². The number of nitrogens with zero attached hydrogens (tertiary/aromatic N) is 1. The summed E-state index contributed by atoms with van der Waals surface area (Å²) in [4.78, 5) is 2.02. The highest BCUT2D eigenvalue weighted by Crippen LogP contribution is 2.31. The third-order valence-corrected chi connectivity index (χ3v) is 2.62. The Kier molecular flexibility index (Phi) is 2.68. The molecule has 0 aliphatic rings. The molecule has 2 aromatic carbocycles. The molecule has 4 N–H and O–H groups in total. The molecular formula is C13H15N3. The fourth-order valence-corrected chi connectivity index (χ4v) is 1.65. The Bertz CT molecular complexity index is 480. The van der Waals surface area contributed by atoms with E-state index in [1.54, 1.807) is 6.07 Å². The molecule has 3 heteroatoms. The second-order valence-corrected chi connectivity index (χ2v) is 3.67. The molecule has 0 fully saturated rings. The maximum absolute atomic E-state index is 5.95. The monoisotopic (exact) mass is 213 g/mol. The van der Waals surface area contributed by atoms with E-state index in [4.69, 9.17) is 11.5 Å². The summed E-state index contributed by atoms with van der Waals surface area (Å²) >= 11 is 0. The second-order valence-electron chi connectivity index (χ2n) is 3.67. The highest BCUT2D eigenvalue weighted by atomic mass is 15.1. The van der Waals surface area contributed by atoms with E-state index in [-0.39, 0.29) is 0 Å². The van der Waals surface area contributed by atoms with Gasteiger partial charge >= 0.3 is 0 Å². The molecule has 0 radical (unpaired) electrons. The van der Waals surface area contributed by atoms with Crippen LogP contribution in [0.25, 0.3) is 0 Å². The summed E-state index contributed by atoms with van der Waals surface area (Å²) in [7, 11) is 1.97. The Morgan fingerprint density at radius 2 is 1.56 bits per heavy atom. The van der Waals surface area contributed by atoms with Crippen LogP contribution in [0.3, 0.4) is 0 Å². The van der Waals surface area contributed by atoms with Crippen molar-refractivity contribution in [3.8, 4) is 0 Å². The molecule has 82 valence electrons. The van der Waals surface area contributed by atoms with Crippen LogP contribution in [-0.4, -0.2) is 7.05 Å². The van der Waals surface area contributed by atoms with Crippen LogP contribution >= 0.6 is 0 Å². The van der Waals surface area contributed by atoms with Gasteiger partial charge in [0.15, 0.2) is 0 Å². The minimum absolute atomic E-state index is 0.611. The molecule has 0 aliphatic carbocycles. The van der Waals surface area contributed by atoms with E-state index in [2.05, 4.69) is 0 Å². The molecule has 0 saturated carbocycles. The average Bonchev–Trinajstić information content (AvgIpc) is 2.33. The number of rotatable bonds is 2. The Morgan fingerprint density at radius 3 is 2.25 bits per heavy atom. The molecule has 0 atom stereocenters. The minimum atomic E-state index is 0.611. The smallest absolute Gasteiger partial charge is 0.0788 e. The number of para-hydroxylation sites is 2. The third kappa shape index (κ3) is 1.80. The van der Waals surface area contributed by atoms with Crippen LogP contribution in [0.2, 0.25) is 0 Å². The Morgan fingerprint density at radius 1 is 0.875 bits per heavy atom. The van der Waals surface area contributed by atoms with E-state index in [0.29, 0.717) is 11.4 Å². The lowest BCUT2D eigenvalue weighted by molar-refractivity contribution is 1.21. The first-order chi connectivity index (χ1) is 7.70. The summed E-state index contributed by atoms with van der Waals surface area (Å²) < 4.78 is 0. The van der Waals surface area contributed by atoms with Gasteiger partial charge in [0.05, 0.1) is 17.1 Å².